The minimum absolute atomic E-state index is 0.180. The van der Waals surface area contributed by atoms with Gasteiger partial charge in [-0.3, -0.25) is 14.4 Å². The molecule has 3 heterocycles. The summed E-state index contributed by atoms with van der Waals surface area (Å²) < 4.78 is 4.16. The molecule has 7 nitrogen and oxygen atoms in total. The minimum Gasteiger partial charge on any atom is -0.337 e. The van der Waals surface area contributed by atoms with E-state index in [4.69, 9.17) is 0 Å². The number of hydrogen-bond acceptors (Lipinski definition) is 4. The molecule has 0 aromatic carbocycles. The molecule has 0 aliphatic carbocycles. The van der Waals surface area contributed by atoms with Crippen molar-refractivity contribution in [1.82, 2.24) is 29.1 Å². The quantitative estimate of drug-likeness (QED) is 0.758. The lowest BCUT2D eigenvalue weighted by Crippen LogP contribution is -2.42. The molecule has 1 amide bonds. The van der Waals surface area contributed by atoms with Crippen molar-refractivity contribution in [2.24, 2.45) is 0 Å². The first kappa shape index (κ1) is 18.6. The lowest BCUT2D eigenvalue weighted by Gasteiger charge is -2.29. The number of aryl methyl sites for hydroxylation is 2. The topological polar surface area (TPSA) is 59.2 Å². The number of aromatic nitrogens is 4. The van der Waals surface area contributed by atoms with Crippen molar-refractivity contribution in [3.05, 3.63) is 35.2 Å². The van der Waals surface area contributed by atoms with Crippen LogP contribution in [0.15, 0.2) is 12.4 Å². The number of carbonyl (C=O) groups excluding carboxylic acids is 1. The van der Waals surface area contributed by atoms with Gasteiger partial charge in [0.05, 0.1) is 24.1 Å². The first-order chi connectivity index (χ1) is 12.5. The normalized spacial score (nSPS) is 14.5. The van der Waals surface area contributed by atoms with Crippen LogP contribution in [-0.4, -0.2) is 54.7 Å². The molecule has 2 aromatic heterocycles. The third kappa shape index (κ3) is 3.82. The molecule has 0 N–H and O–H groups in total. The van der Waals surface area contributed by atoms with Gasteiger partial charge in [0.25, 0.3) is 0 Å². The van der Waals surface area contributed by atoms with Crippen molar-refractivity contribution in [3.63, 3.8) is 0 Å². The highest BCUT2D eigenvalue weighted by molar-refractivity contribution is 5.78. The first-order valence-electron chi connectivity index (χ1n) is 9.62. The van der Waals surface area contributed by atoms with Gasteiger partial charge in [0.1, 0.15) is 5.82 Å². The second kappa shape index (κ2) is 8.03. The van der Waals surface area contributed by atoms with E-state index in [0.29, 0.717) is 19.6 Å². The Kier molecular flexibility index (Phi) is 5.76. The lowest BCUT2D eigenvalue weighted by atomic mass is 10.1. The molecule has 0 spiro atoms. The Morgan fingerprint density at radius 3 is 2.73 bits per heavy atom. The molecule has 0 radical (unpaired) electrons. The Balaban J connectivity index is 1.63. The van der Waals surface area contributed by atoms with Gasteiger partial charge >= 0.3 is 0 Å². The van der Waals surface area contributed by atoms with Crippen LogP contribution < -0.4 is 0 Å². The van der Waals surface area contributed by atoms with Crippen molar-refractivity contribution in [1.29, 1.82) is 0 Å². The Hall–Kier alpha value is -2.15. The fourth-order valence-corrected chi connectivity index (χ4v) is 3.71. The number of imidazole rings is 1. The predicted molar refractivity (Wildman–Crippen MR) is 101 cm³/mol. The number of rotatable bonds is 7. The zero-order chi connectivity index (χ0) is 18.7. The molecular weight excluding hydrogens is 328 g/mol. The van der Waals surface area contributed by atoms with Crippen molar-refractivity contribution in [2.45, 2.75) is 60.3 Å². The van der Waals surface area contributed by atoms with Gasteiger partial charge in [-0.25, -0.2) is 4.98 Å². The summed E-state index contributed by atoms with van der Waals surface area (Å²) >= 11 is 0. The van der Waals surface area contributed by atoms with Crippen LogP contribution in [0.1, 0.15) is 43.5 Å². The number of hydrogen-bond donors (Lipinski definition) is 0. The van der Waals surface area contributed by atoms with E-state index in [1.807, 2.05) is 28.9 Å². The van der Waals surface area contributed by atoms with E-state index in [1.54, 1.807) is 0 Å². The monoisotopic (exact) mass is 358 g/mol. The van der Waals surface area contributed by atoms with Gasteiger partial charge in [-0.05, 0) is 27.7 Å². The average Bonchev–Trinajstić information content (AvgIpc) is 3.22. The van der Waals surface area contributed by atoms with Crippen molar-refractivity contribution in [2.75, 3.05) is 19.6 Å². The second-order valence-corrected chi connectivity index (χ2v) is 6.87. The Labute approximate surface area is 155 Å². The molecular formula is C19H30N6O. The molecule has 26 heavy (non-hydrogen) atoms. The van der Waals surface area contributed by atoms with Gasteiger partial charge in [-0.1, -0.05) is 0 Å². The third-order valence-corrected chi connectivity index (χ3v) is 5.18. The third-order valence-electron chi connectivity index (χ3n) is 5.18. The zero-order valence-electron chi connectivity index (χ0n) is 16.4. The molecule has 2 aromatic rings. The maximum absolute atomic E-state index is 12.8. The molecule has 0 saturated heterocycles. The number of carbonyl (C=O) groups is 1. The molecule has 0 atom stereocenters. The average molecular weight is 358 g/mol. The Morgan fingerprint density at radius 1 is 1.27 bits per heavy atom. The summed E-state index contributed by atoms with van der Waals surface area (Å²) in [7, 11) is 0. The van der Waals surface area contributed by atoms with Crippen LogP contribution in [0.25, 0.3) is 0 Å². The van der Waals surface area contributed by atoms with Crippen LogP contribution in [0, 0.1) is 6.92 Å². The maximum Gasteiger partial charge on any atom is 0.237 e. The second-order valence-electron chi connectivity index (χ2n) is 6.87. The van der Waals surface area contributed by atoms with Crippen molar-refractivity contribution < 1.29 is 4.79 Å². The number of amides is 1. The summed E-state index contributed by atoms with van der Waals surface area (Å²) in [5.74, 6) is 1.26. The van der Waals surface area contributed by atoms with E-state index in [1.165, 1.54) is 11.4 Å². The van der Waals surface area contributed by atoms with Gasteiger partial charge in [0, 0.05) is 57.4 Å². The predicted octanol–water partition coefficient (Wildman–Crippen LogP) is 1.83. The SMILES string of the molecule is CCN(Cc1cnn(CC)c1)C(=O)CN1CCc2nc(C)n(CC)c2C1. The van der Waals surface area contributed by atoms with Crippen LogP contribution in [0.5, 0.6) is 0 Å². The van der Waals surface area contributed by atoms with Gasteiger partial charge in [0.2, 0.25) is 5.91 Å². The van der Waals surface area contributed by atoms with Gasteiger partial charge < -0.3 is 9.47 Å². The highest BCUT2D eigenvalue weighted by atomic mass is 16.2. The summed E-state index contributed by atoms with van der Waals surface area (Å²) in [5.41, 5.74) is 3.56. The minimum atomic E-state index is 0.180. The van der Waals surface area contributed by atoms with Crippen LogP contribution in [0.2, 0.25) is 0 Å². The van der Waals surface area contributed by atoms with Gasteiger partial charge in [-0.15, -0.1) is 0 Å². The molecule has 0 fully saturated rings. The summed E-state index contributed by atoms with van der Waals surface area (Å²) in [4.78, 5) is 21.7. The van der Waals surface area contributed by atoms with Crippen LogP contribution in [-0.2, 0) is 37.4 Å². The number of fused-ring (bicyclic) bond motifs is 1. The van der Waals surface area contributed by atoms with E-state index in [0.717, 1.165) is 44.0 Å². The van der Waals surface area contributed by atoms with E-state index in [-0.39, 0.29) is 5.91 Å². The molecule has 1 aliphatic rings. The number of nitrogens with zero attached hydrogens (tertiary/aromatic N) is 6. The largest absolute Gasteiger partial charge is 0.337 e. The van der Waals surface area contributed by atoms with Crippen LogP contribution in [0.4, 0.5) is 0 Å². The first-order valence-corrected chi connectivity index (χ1v) is 9.62. The molecule has 3 rings (SSSR count). The van der Waals surface area contributed by atoms with E-state index >= 15 is 0 Å². The summed E-state index contributed by atoms with van der Waals surface area (Å²) in [6.45, 7) is 13.6. The molecule has 7 heteroatoms. The summed E-state index contributed by atoms with van der Waals surface area (Å²) in [6, 6.07) is 0. The molecule has 142 valence electrons. The highest BCUT2D eigenvalue weighted by Crippen LogP contribution is 2.20. The van der Waals surface area contributed by atoms with E-state index < -0.39 is 0 Å². The van der Waals surface area contributed by atoms with E-state index in [2.05, 4.69) is 40.3 Å². The Bertz CT molecular complexity index is 762. The molecule has 0 unspecified atom stereocenters. The summed E-state index contributed by atoms with van der Waals surface area (Å²) in [6.07, 6.45) is 4.80. The fourth-order valence-electron chi connectivity index (χ4n) is 3.71. The van der Waals surface area contributed by atoms with Gasteiger partial charge in [0.15, 0.2) is 0 Å². The van der Waals surface area contributed by atoms with Gasteiger partial charge in [-0.2, -0.15) is 5.10 Å². The van der Waals surface area contributed by atoms with Crippen molar-refractivity contribution >= 4 is 5.91 Å². The standard InChI is InChI=1S/C19H30N6O/c1-5-23(11-16-10-20-24(6-2)12-16)19(26)14-22-9-8-17-18(13-22)25(7-3)15(4)21-17/h10,12H,5-9,11,13-14H2,1-4H3. The Morgan fingerprint density at radius 2 is 2.08 bits per heavy atom. The lowest BCUT2D eigenvalue weighted by molar-refractivity contribution is -0.133. The fraction of sp³-hybridized carbons (Fsp3) is 0.632. The molecule has 0 saturated carbocycles. The van der Waals surface area contributed by atoms with Crippen LogP contribution >= 0.6 is 0 Å². The summed E-state index contributed by atoms with van der Waals surface area (Å²) in [5, 5.41) is 4.30. The zero-order valence-corrected chi connectivity index (χ0v) is 16.4. The molecule has 0 bridgehead atoms. The van der Waals surface area contributed by atoms with Crippen molar-refractivity contribution in [3.8, 4) is 0 Å². The molecule has 1 aliphatic heterocycles. The smallest absolute Gasteiger partial charge is 0.237 e. The number of likely N-dealkylation sites (N-methyl/N-ethyl adjacent to an activating group) is 1. The maximum atomic E-state index is 12.8. The van der Waals surface area contributed by atoms with Crippen LogP contribution in [0.3, 0.4) is 0 Å². The highest BCUT2D eigenvalue weighted by Gasteiger charge is 2.25. The van der Waals surface area contributed by atoms with E-state index in [9.17, 15) is 4.79 Å².